The Kier molecular flexibility index (Phi) is 10.7. The van der Waals surface area contributed by atoms with Crippen LogP contribution >= 0.6 is 24.0 Å². The van der Waals surface area contributed by atoms with Gasteiger partial charge in [-0.2, -0.15) is 0 Å². The quantitative estimate of drug-likeness (QED) is 0.222. The van der Waals surface area contributed by atoms with Gasteiger partial charge in [0.2, 0.25) is 0 Å². The third-order valence-electron chi connectivity index (χ3n) is 6.09. The molecule has 4 rings (SSSR count). The Hall–Kier alpha value is -2.78. The maximum Gasteiger partial charge on any atom is 0.120 e. The van der Waals surface area contributed by atoms with E-state index in [1.54, 1.807) is 0 Å². The average molecular weight is 507 g/mol. The van der Waals surface area contributed by atoms with E-state index in [-0.39, 0.29) is 12.4 Å². The second-order valence-electron chi connectivity index (χ2n) is 8.78. The molecule has 4 aromatic rings. The highest BCUT2D eigenvalue weighted by Gasteiger charge is 2.14. The second-order valence-corrected chi connectivity index (χ2v) is 9.22. The average Bonchev–Trinajstić information content (AvgIpc) is 2.87. The van der Waals surface area contributed by atoms with Crippen LogP contribution in [0.3, 0.4) is 0 Å². The van der Waals surface area contributed by atoms with Gasteiger partial charge in [-0.3, -0.25) is 0 Å². The maximum absolute atomic E-state index is 6.00. The van der Waals surface area contributed by atoms with Gasteiger partial charge < -0.3 is 10.1 Å². The van der Waals surface area contributed by atoms with Crippen molar-refractivity contribution in [1.29, 1.82) is 0 Å². The standard InChI is InChI=1S/C31H32ClNO.ClH/c1-24(21-26-9-8-14-30(22-26)34-23-25-15-17-29(32)18-16-25)33-20-19-31(27-10-4-2-5-11-27)28-12-6-3-7-13-28;/h2-18,22,24,31,33H,19-21,23H2,1H3;1H. The lowest BCUT2D eigenvalue weighted by Crippen LogP contribution is -2.30. The summed E-state index contributed by atoms with van der Waals surface area (Å²) in [5.41, 5.74) is 5.12. The smallest absolute Gasteiger partial charge is 0.120 e. The molecule has 0 saturated carbocycles. The lowest BCUT2D eigenvalue weighted by molar-refractivity contribution is 0.306. The van der Waals surface area contributed by atoms with Gasteiger partial charge in [-0.25, -0.2) is 0 Å². The third kappa shape index (κ3) is 8.43. The summed E-state index contributed by atoms with van der Waals surface area (Å²) >= 11 is 5.97. The Morgan fingerprint density at radius 2 is 1.37 bits per heavy atom. The molecule has 0 aliphatic rings. The monoisotopic (exact) mass is 505 g/mol. The molecule has 1 unspecified atom stereocenters. The number of rotatable bonds is 11. The summed E-state index contributed by atoms with van der Waals surface area (Å²) < 4.78 is 6.00. The Morgan fingerprint density at radius 3 is 2.00 bits per heavy atom. The topological polar surface area (TPSA) is 21.3 Å². The molecule has 1 atom stereocenters. The molecule has 2 nitrogen and oxygen atoms in total. The Morgan fingerprint density at radius 1 is 0.743 bits per heavy atom. The predicted octanol–water partition coefficient (Wildman–Crippen LogP) is 8.08. The van der Waals surface area contributed by atoms with Crippen LogP contribution in [0, 0.1) is 0 Å². The summed E-state index contributed by atoms with van der Waals surface area (Å²) in [6.45, 7) is 3.75. The molecule has 0 aliphatic carbocycles. The van der Waals surface area contributed by atoms with E-state index in [1.165, 1.54) is 16.7 Å². The molecule has 0 aromatic heterocycles. The van der Waals surface area contributed by atoms with Crippen LogP contribution in [0.4, 0.5) is 0 Å². The molecule has 4 aromatic carbocycles. The van der Waals surface area contributed by atoms with Crippen LogP contribution in [0.5, 0.6) is 5.75 Å². The van der Waals surface area contributed by atoms with Gasteiger partial charge in [-0.1, -0.05) is 96.5 Å². The van der Waals surface area contributed by atoms with Gasteiger partial charge >= 0.3 is 0 Å². The molecule has 0 bridgehead atoms. The van der Waals surface area contributed by atoms with Crippen molar-refractivity contribution >= 4 is 24.0 Å². The van der Waals surface area contributed by atoms with E-state index < -0.39 is 0 Å². The zero-order valence-corrected chi connectivity index (χ0v) is 21.6. The predicted molar refractivity (Wildman–Crippen MR) is 150 cm³/mol. The summed E-state index contributed by atoms with van der Waals surface area (Å²) in [6.07, 6.45) is 2.02. The highest BCUT2D eigenvalue weighted by Crippen LogP contribution is 2.27. The summed E-state index contributed by atoms with van der Waals surface area (Å²) in [5, 5.41) is 4.47. The first kappa shape index (κ1) is 26.8. The molecule has 0 saturated heterocycles. The van der Waals surface area contributed by atoms with E-state index in [1.807, 2.05) is 30.3 Å². The molecule has 0 heterocycles. The van der Waals surface area contributed by atoms with E-state index in [2.05, 4.69) is 91.1 Å². The van der Waals surface area contributed by atoms with Gasteiger partial charge in [-0.05, 0) is 72.8 Å². The van der Waals surface area contributed by atoms with Gasteiger partial charge in [0.1, 0.15) is 12.4 Å². The van der Waals surface area contributed by atoms with Crippen LogP contribution in [0.25, 0.3) is 0 Å². The van der Waals surface area contributed by atoms with Crippen LogP contribution in [0.2, 0.25) is 5.02 Å². The third-order valence-corrected chi connectivity index (χ3v) is 6.34. The Labute approximate surface area is 220 Å². The highest BCUT2D eigenvalue weighted by molar-refractivity contribution is 6.30. The maximum atomic E-state index is 6.00. The van der Waals surface area contributed by atoms with Crippen LogP contribution in [0.1, 0.15) is 41.5 Å². The number of ether oxygens (including phenoxy) is 1. The number of nitrogens with one attached hydrogen (secondary N) is 1. The summed E-state index contributed by atoms with van der Waals surface area (Å²) in [5.74, 6) is 1.29. The van der Waals surface area contributed by atoms with Crippen molar-refractivity contribution in [3.8, 4) is 5.75 Å². The largest absolute Gasteiger partial charge is 0.489 e. The zero-order valence-electron chi connectivity index (χ0n) is 20.1. The van der Waals surface area contributed by atoms with E-state index in [0.29, 0.717) is 18.6 Å². The van der Waals surface area contributed by atoms with Crippen LogP contribution < -0.4 is 10.1 Å². The number of hydrogen-bond donors (Lipinski definition) is 1. The van der Waals surface area contributed by atoms with Crippen molar-refractivity contribution < 1.29 is 4.74 Å². The van der Waals surface area contributed by atoms with Crippen molar-refractivity contribution in [2.45, 2.75) is 38.3 Å². The number of halogens is 2. The van der Waals surface area contributed by atoms with Crippen molar-refractivity contribution in [3.63, 3.8) is 0 Å². The van der Waals surface area contributed by atoms with Crippen LogP contribution in [-0.2, 0) is 13.0 Å². The normalized spacial score (nSPS) is 11.6. The minimum atomic E-state index is 0. The number of benzene rings is 4. The molecule has 35 heavy (non-hydrogen) atoms. The van der Waals surface area contributed by atoms with Crippen molar-refractivity contribution in [3.05, 3.63) is 136 Å². The van der Waals surface area contributed by atoms with Gasteiger partial charge in [0.25, 0.3) is 0 Å². The van der Waals surface area contributed by atoms with Gasteiger partial charge in [-0.15, -0.1) is 12.4 Å². The summed E-state index contributed by atoms with van der Waals surface area (Å²) in [6, 6.07) is 38.2. The van der Waals surface area contributed by atoms with Crippen molar-refractivity contribution in [2.24, 2.45) is 0 Å². The van der Waals surface area contributed by atoms with Gasteiger partial charge in [0.05, 0.1) is 0 Å². The molecule has 4 heteroatoms. The lowest BCUT2D eigenvalue weighted by Gasteiger charge is -2.20. The first-order valence-corrected chi connectivity index (χ1v) is 12.3. The molecule has 0 amide bonds. The fourth-order valence-electron chi connectivity index (χ4n) is 4.31. The minimum absolute atomic E-state index is 0. The first-order valence-electron chi connectivity index (χ1n) is 12.0. The molecule has 0 aliphatic heterocycles. The summed E-state index contributed by atoms with van der Waals surface area (Å²) in [7, 11) is 0. The van der Waals surface area contributed by atoms with Gasteiger partial charge in [0.15, 0.2) is 0 Å². The SMILES string of the molecule is CC(Cc1cccc(OCc2ccc(Cl)cc2)c1)NCCC(c1ccccc1)c1ccccc1.Cl. The van der Waals surface area contributed by atoms with E-state index in [4.69, 9.17) is 16.3 Å². The highest BCUT2D eigenvalue weighted by atomic mass is 35.5. The van der Waals surface area contributed by atoms with E-state index in [0.717, 1.165) is 35.7 Å². The van der Waals surface area contributed by atoms with Crippen LogP contribution in [-0.4, -0.2) is 12.6 Å². The zero-order chi connectivity index (χ0) is 23.6. The minimum Gasteiger partial charge on any atom is -0.489 e. The van der Waals surface area contributed by atoms with E-state index >= 15 is 0 Å². The number of hydrogen-bond acceptors (Lipinski definition) is 2. The first-order chi connectivity index (χ1) is 16.7. The Bertz CT molecular complexity index is 1090. The second kappa shape index (κ2) is 13.9. The molecule has 0 fully saturated rings. The van der Waals surface area contributed by atoms with Crippen molar-refractivity contribution in [2.75, 3.05) is 6.54 Å². The van der Waals surface area contributed by atoms with E-state index in [9.17, 15) is 0 Å². The molecular formula is C31H33Cl2NO. The summed E-state index contributed by atoms with van der Waals surface area (Å²) in [4.78, 5) is 0. The molecule has 0 spiro atoms. The Balaban J connectivity index is 0.00000342. The fourth-order valence-corrected chi connectivity index (χ4v) is 4.43. The molecule has 182 valence electrons. The van der Waals surface area contributed by atoms with Gasteiger partial charge in [0, 0.05) is 17.0 Å². The van der Waals surface area contributed by atoms with Crippen LogP contribution in [0.15, 0.2) is 109 Å². The fraction of sp³-hybridized carbons (Fsp3) is 0.226. The van der Waals surface area contributed by atoms with Crippen molar-refractivity contribution in [1.82, 2.24) is 5.32 Å². The lowest BCUT2D eigenvalue weighted by atomic mass is 9.88. The molecule has 1 N–H and O–H groups in total. The molecule has 0 radical (unpaired) electrons. The molecular weight excluding hydrogens is 473 g/mol.